The second-order valence-corrected chi connectivity index (χ2v) is 8.34. The van der Waals surface area contributed by atoms with Crippen LogP contribution in [0.3, 0.4) is 0 Å². The summed E-state index contributed by atoms with van der Waals surface area (Å²) in [7, 11) is 0. The summed E-state index contributed by atoms with van der Waals surface area (Å²) in [6.45, 7) is 2.02. The van der Waals surface area contributed by atoms with Gasteiger partial charge in [-0.2, -0.15) is 5.11 Å². The number of para-hydroxylation sites is 2. The summed E-state index contributed by atoms with van der Waals surface area (Å²) in [5.41, 5.74) is 4.84. The van der Waals surface area contributed by atoms with Crippen molar-refractivity contribution in [3.63, 3.8) is 0 Å². The van der Waals surface area contributed by atoms with Gasteiger partial charge in [-0.3, -0.25) is 4.79 Å². The van der Waals surface area contributed by atoms with Crippen LogP contribution >= 0.6 is 11.3 Å². The van der Waals surface area contributed by atoms with E-state index in [1.165, 1.54) is 11.3 Å². The van der Waals surface area contributed by atoms with Gasteiger partial charge in [0.15, 0.2) is 11.5 Å². The molecule has 5 rings (SSSR count). The van der Waals surface area contributed by atoms with Gasteiger partial charge in [0.05, 0.1) is 21.3 Å². The van der Waals surface area contributed by atoms with Gasteiger partial charge in [-0.05, 0) is 42.8 Å². The van der Waals surface area contributed by atoms with Gasteiger partial charge in [-0.1, -0.05) is 60.2 Å². The number of thiazole rings is 1. The highest BCUT2D eigenvalue weighted by Gasteiger charge is 2.11. The molecule has 2 aromatic heterocycles. The highest BCUT2D eigenvalue weighted by molar-refractivity contribution is 7.07. The maximum atomic E-state index is 12.7. The van der Waals surface area contributed by atoms with Crippen molar-refractivity contribution in [1.29, 1.82) is 0 Å². The van der Waals surface area contributed by atoms with E-state index in [0.29, 0.717) is 20.7 Å². The van der Waals surface area contributed by atoms with Crippen molar-refractivity contribution in [3.05, 3.63) is 115 Å². The van der Waals surface area contributed by atoms with Crippen LogP contribution in [0.1, 0.15) is 17.0 Å². The predicted molar refractivity (Wildman–Crippen MR) is 128 cm³/mol. The van der Waals surface area contributed by atoms with Crippen LogP contribution in [0.4, 0.5) is 5.69 Å². The second-order valence-electron chi connectivity index (χ2n) is 7.29. The van der Waals surface area contributed by atoms with Crippen molar-refractivity contribution in [2.24, 2.45) is 10.2 Å². The van der Waals surface area contributed by atoms with E-state index in [4.69, 9.17) is 0 Å². The van der Waals surface area contributed by atoms with E-state index in [1.807, 2.05) is 91.9 Å². The van der Waals surface area contributed by atoms with Gasteiger partial charge < -0.3 is 9.97 Å². The molecule has 5 aromatic rings. The fraction of sp³-hybridized carbons (Fsp3) is 0.0400. The van der Waals surface area contributed by atoms with Gasteiger partial charge in [0.2, 0.25) is 0 Å². The Bertz CT molecular complexity index is 1560. The number of hydrogen-bond acceptors (Lipinski definition) is 5. The van der Waals surface area contributed by atoms with Crippen LogP contribution < -0.4 is 14.8 Å². The number of H-pyrrole nitrogens is 2. The molecule has 0 saturated carbocycles. The molecular formula is C25H19N5OS. The summed E-state index contributed by atoms with van der Waals surface area (Å²) in [5, 5.41) is 8.89. The van der Waals surface area contributed by atoms with Gasteiger partial charge in [-0.25, -0.2) is 4.98 Å². The van der Waals surface area contributed by atoms with Gasteiger partial charge in [0.1, 0.15) is 4.66 Å². The number of imidazole rings is 1. The Labute approximate surface area is 187 Å². The Morgan fingerprint density at radius 1 is 0.938 bits per heavy atom. The van der Waals surface area contributed by atoms with Crippen LogP contribution in [-0.2, 0) is 0 Å². The Hall–Kier alpha value is -4.10. The zero-order chi connectivity index (χ0) is 21.9. The lowest BCUT2D eigenvalue weighted by Crippen LogP contribution is -2.20. The quantitative estimate of drug-likeness (QED) is 0.409. The summed E-state index contributed by atoms with van der Waals surface area (Å²) in [6, 6.07) is 25.3. The third-order valence-corrected chi connectivity index (χ3v) is 5.91. The average Bonchev–Trinajstić information content (AvgIpc) is 3.39. The van der Waals surface area contributed by atoms with Crippen LogP contribution in [0.5, 0.6) is 0 Å². The zero-order valence-corrected chi connectivity index (χ0v) is 18.1. The molecule has 32 heavy (non-hydrogen) atoms. The third-order valence-electron chi connectivity index (χ3n) is 4.89. The first-order chi connectivity index (χ1) is 15.7. The minimum Gasteiger partial charge on any atom is -0.336 e. The lowest BCUT2D eigenvalue weighted by Gasteiger charge is -1.96. The molecular weight excluding hydrogens is 418 g/mol. The van der Waals surface area contributed by atoms with Crippen molar-refractivity contribution in [2.45, 2.75) is 6.92 Å². The monoisotopic (exact) mass is 437 g/mol. The molecule has 0 bridgehead atoms. The zero-order valence-electron chi connectivity index (χ0n) is 17.2. The van der Waals surface area contributed by atoms with Gasteiger partial charge >= 0.3 is 0 Å². The molecule has 156 valence electrons. The maximum absolute atomic E-state index is 12.7. The Morgan fingerprint density at radius 2 is 1.69 bits per heavy atom. The Balaban J connectivity index is 1.70. The average molecular weight is 438 g/mol. The highest BCUT2D eigenvalue weighted by Crippen LogP contribution is 2.19. The number of benzene rings is 3. The van der Waals surface area contributed by atoms with Gasteiger partial charge in [0, 0.05) is 0 Å². The fourth-order valence-corrected chi connectivity index (χ4v) is 4.17. The summed E-state index contributed by atoms with van der Waals surface area (Å²) in [4.78, 5) is 23.6. The van der Waals surface area contributed by atoms with Gasteiger partial charge in [0.25, 0.3) is 5.56 Å². The Kier molecular flexibility index (Phi) is 5.31. The number of nitrogens with one attached hydrogen (secondary N) is 2. The smallest absolute Gasteiger partial charge is 0.266 e. The van der Waals surface area contributed by atoms with Crippen LogP contribution in [0.15, 0.2) is 93.9 Å². The number of aromatic nitrogens is 3. The third kappa shape index (κ3) is 4.19. The molecule has 2 heterocycles. The lowest BCUT2D eigenvalue weighted by molar-refractivity contribution is 1.13. The SMILES string of the molecule is Cc1ccc(N=N/C(c2nc3ccccc3[nH]2)=c2\[nH]c(=O)/c(=C\c3ccccc3)s2)cc1. The molecule has 0 aliphatic rings. The van der Waals surface area contributed by atoms with E-state index >= 15 is 0 Å². The lowest BCUT2D eigenvalue weighted by atomic mass is 10.2. The fourth-order valence-electron chi connectivity index (χ4n) is 3.23. The first kappa shape index (κ1) is 19.8. The molecule has 6 nitrogen and oxygen atoms in total. The summed E-state index contributed by atoms with van der Waals surface area (Å²) in [5.74, 6) is 0.547. The molecule has 7 heteroatoms. The summed E-state index contributed by atoms with van der Waals surface area (Å²) in [6.07, 6.45) is 1.86. The molecule has 0 fully saturated rings. The van der Waals surface area contributed by atoms with E-state index in [0.717, 1.165) is 27.8 Å². The minimum absolute atomic E-state index is 0.173. The molecule has 0 amide bonds. The number of aryl methyl sites for hydroxylation is 1. The van der Waals surface area contributed by atoms with E-state index in [2.05, 4.69) is 25.2 Å². The van der Waals surface area contributed by atoms with E-state index in [1.54, 1.807) is 0 Å². The molecule has 0 unspecified atom stereocenters. The molecule has 0 radical (unpaired) electrons. The van der Waals surface area contributed by atoms with Crippen LogP contribution in [-0.4, -0.2) is 15.0 Å². The second kappa shape index (κ2) is 8.56. The van der Waals surface area contributed by atoms with Crippen molar-refractivity contribution in [1.82, 2.24) is 15.0 Å². The van der Waals surface area contributed by atoms with E-state index < -0.39 is 0 Å². The van der Waals surface area contributed by atoms with Crippen molar-refractivity contribution < 1.29 is 0 Å². The molecule has 0 saturated heterocycles. The maximum Gasteiger partial charge on any atom is 0.266 e. The van der Waals surface area contributed by atoms with Crippen LogP contribution in [0.25, 0.3) is 22.8 Å². The first-order valence-corrected chi connectivity index (χ1v) is 10.9. The Morgan fingerprint density at radius 3 is 2.47 bits per heavy atom. The molecule has 0 spiro atoms. The number of azo groups is 1. The van der Waals surface area contributed by atoms with Crippen LogP contribution in [0.2, 0.25) is 0 Å². The van der Waals surface area contributed by atoms with E-state index in [9.17, 15) is 4.79 Å². The predicted octanol–water partition coefficient (Wildman–Crippen LogP) is 4.39. The molecule has 0 aliphatic carbocycles. The van der Waals surface area contributed by atoms with Crippen molar-refractivity contribution in [3.8, 4) is 0 Å². The molecule has 0 aliphatic heterocycles. The highest BCUT2D eigenvalue weighted by atomic mass is 32.1. The first-order valence-electron chi connectivity index (χ1n) is 10.1. The normalized spacial score (nSPS) is 13.2. The number of rotatable bonds is 4. The number of hydrogen-bond donors (Lipinski definition) is 2. The van der Waals surface area contributed by atoms with Gasteiger partial charge in [-0.15, -0.1) is 16.5 Å². The van der Waals surface area contributed by atoms with Crippen molar-refractivity contribution >= 4 is 39.8 Å². The summed E-state index contributed by atoms with van der Waals surface area (Å²) < 4.78 is 1.18. The largest absolute Gasteiger partial charge is 0.336 e. The van der Waals surface area contributed by atoms with Crippen molar-refractivity contribution in [2.75, 3.05) is 0 Å². The topological polar surface area (TPSA) is 86.3 Å². The molecule has 3 aromatic carbocycles. The number of nitrogens with zero attached hydrogens (tertiary/aromatic N) is 3. The molecule has 0 atom stereocenters. The summed E-state index contributed by atoms with van der Waals surface area (Å²) >= 11 is 1.33. The minimum atomic E-state index is -0.173. The number of aromatic amines is 2. The molecule has 2 N–H and O–H groups in total. The van der Waals surface area contributed by atoms with E-state index in [-0.39, 0.29) is 5.56 Å². The standard InChI is InChI=1S/C25H19N5OS/c1-16-11-13-18(14-12-16)29-30-22(23-26-19-9-5-6-10-20(19)27-23)25-28-24(31)21(32-25)15-17-7-3-2-4-8-17/h2-15H,1H3,(H,26,27)(H,28,31)/b21-15+,25-22+,30-29?. The number of fused-ring (bicyclic) bond motifs is 1. The van der Waals surface area contributed by atoms with Crippen LogP contribution in [0, 0.1) is 6.92 Å².